The van der Waals surface area contributed by atoms with Crippen molar-refractivity contribution in [2.24, 2.45) is 0 Å². The molecule has 0 spiro atoms. The molecule has 2 nitrogen and oxygen atoms in total. The summed E-state index contributed by atoms with van der Waals surface area (Å²) in [4.78, 5) is 2.41. The molecule has 0 saturated heterocycles. The topological polar surface area (TPSA) is 23.5 Å². The Labute approximate surface area is 93.4 Å². The summed E-state index contributed by atoms with van der Waals surface area (Å²) < 4.78 is 0. The lowest BCUT2D eigenvalue weighted by Crippen LogP contribution is -2.10. The zero-order valence-electron chi connectivity index (χ0n) is 8.55. The Morgan fingerprint density at radius 1 is 1.13 bits per heavy atom. The molecule has 0 aliphatic heterocycles. The Morgan fingerprint density at radius 2 is 1.87 bits per heavy atom. The summed E-state index contributed by atoms with van der Waals surface area (Å²) in [5, 5.41) is 10.3. The molecule has 1 aromatic heterocycles. The van der Waals surface area contributed by atoms with Crippen LogP contribution in [0.5, 0.6) is 0 Å². The number of hydroxylamine groups is 2. The molecule has 0 aliphatic carbocycles. The summed E-state index contributed by atoms with van der Waals surface area (Å²) in [6.45, 7) is 0.581. The van der Waals surface area contributed by atoms with Crippen LogP contribution in [0.3, 0.4) is 0 Å². The molecular formula is C12H13NOS. The maximum atomic E-state index is 9.13. The summed E-state index contributed by atoms with van der Waals surface area (Å²) in [5.74, 6) is 0. The van der Waals surface area contributed by atoms with E-state index in [9.17, 15) is 0 Å². The van der Waals surface area contributed by atoms with Crippen LogP contribution >= 0.6 is 11.3 Å². The van der Waals surface area contributed by atoms with Crippen molar-refractivity contribution < 1.29 is 5.21 Å². The molecule has 2 aromatic rings. The molecule has 78 valence electrons. The van der Waals surface area contributed by atoms with Crippen LogP contribution in [0.2, 0.25) is 0 Å². The second-order valence-electron chi connectivity index (χ2n) is 3.45. The number of thiophene rings is 1. The minimum absolute atomic E-state index is 0.581. The third kappa shape index (κ3) is 2.65. The van der Waals surface area contributed by atoms with E-state index in [0.717, 1.165) is 0 Å². The Morgan fingerprint density at radius 3 is 2.53 bits per heavy atom. The van der Waals surface area contributed by atoms with Gasteiger partial charge in [0.25, 0.3) is 0 Å². The molecule has 0 amide bonds. The third-order valence-corrected chi connectivity index (χ3v) is 3.22. The van der Waals surface area contributed by atoms with Gasteiger partial charge in [0.15, 0.2) is 0 Å². The molecule has 0 fully saturated rings. The molecule has 0 unspecified atom stereocenters. The van der Waals surface area contributed by atoms with Gasteiger partial charge in [0, 0.05) is 16.8 Å². The van der Waals surface area contributed by atoms with E-state index in [1.165, 1.54) is 20.4 Å². The van der Waals surface area contributed by atoms with Gasteiger partial charge < -0.3 is 5.21 Å². The van der Waals surface area contributed by atoms with Gasteiger partial charge in [-0.1, -0.05) is 30.3 Å². The van der Waals surface area contributed by atoms with Crippen molar-refractivity contribution in [2.45, 2.75) is 6.54 Å². The van der Waals surface area contributed by atoms with Gasteiger partial charge in [-0.05, 0) is 17.7 Å². The summed E-state index contributed by atoms with van der Waals surface area (Å²) >= 11 is 1.71. The zero-order chi connectivity index (χ0) is 10.7. The Bertz CT molecular complexity index is 422. The van der Waals surface area contributed by atoms with Crippen LogP contribution in [0, 0.1) is 0 Å². The minimum Gasteiger partial charge on any atom is -0.314 e. The average molecular weight is 219 g/mol. The fourth-order valence-corrected chi connectivity index (χ4v) is 2.51. The summed E-state index contributed by atoms with van der Waals surface area (Å²) in [6, 6.07) is 14.4. The number of benzene rings is 1. The normalized spacial score (nSPS) is 10.9. The van der Waals surface area contributed by atoms with Crippen LogP contribution in [0.1, 0.15) is 4.88 Å². The highest BCUT2D eigenvalue weighted by Crippen LogP contribution is 2.28. The van der Waals surface area contributed by atoms with E-state index in [1.807, 2.05) is 18.2 Å². The van der Waals surface area contributed by atoms with Crippen molar-refractivity contribution in [3.05, 3.63) is 47.3 Å². The van der Waals surface area contributed by atoms with Crippen molar-refractivity contribution >= 4 is 11.3 Å². The van der Waals surface area contributed by atoms with Crippen LogP contribution in [-0.4, -0.2) is 17.3 Å². The van der Waals surface area contributed by atoms with Gasteiger partial charge in [-0.15, -0.1) is 11.3 Å². The summed E-state index contributed by atoms with van der Waals surface area (Å²) in [7, 11) is 1.65. The van der Waals surface area contributed by atoms with Crippen LogP contribution in [0.25, 0.3) is 10.4 Å². The second-order valence-corrected chi connectivity index (χ2v) is 4.62. The number of rotatable bonds is 3. The zero-order valence-corrected chi connectivity index (χ0v) is 9.37. The van der Waals surface area contributed by atoms with Crippen molar-refractivity contribution in [1.82, 2.24) is 5.06 Å². The highest BCUT2D eigenvalue weighted by atomic mass is 32.1. The molecule has 3 heteroatoms. The van der Waals surface area contributed by atoms with Crippen molar-refractivity contribution in [3.8, 4) is 10.4 Å². The monoisotopic (exact) mass is 219 g/mol. The van der Waals surface area contributed by atoms with Crippen LogP contribution in [0.4, 0.5) is 0 Å². The molecular weight excluding hydrogens is 206 g/mol. The van der Waals surface area contributed by atoms with E-state index in [1.54, 1.807) is 18.4 Å². The SMILES string of the molecule is CN(O)Cc1ccc(-c2ccccc2)s1. The highest BCUT2D eigenvalue weighted by Gasteiger charge is 2.03. The first kappa shape index (κ1) is 10.4. The fourth-order valence-electron chi connectivity index (χ4n) is 1.45. The standard InChI is InChI=1S/C12H13NOS/c1-13(14)9-11-7-8-12(15-11)10-5-3-2-4-6-10/h2-8,14H,9H2,1H3. The molecule has 0 radical (unpaired) electrons. The molecule has 1 heterocycles. The van der Waals surface area contributed by atoms with Gasteiger partial charge in [-0.3, -0.25) is 0 Å². The third-order valence-electron chi connectivity index (χ3n) is 2.10. The van der Waals surface area contributed by atoms with Gasteiger partial charge in [0.05, 0.1) is 6.54 Å². The average Bonchev–Trinajstić information content (AvgIpc) is 2.67. The van der Waals surface area contributed by atoms with Crippen molar-refractivity contribution in [1.29, 1.82) is 0 Å². The van der Waals surface area contributed by atoms with Gasteiger partial charge >= 0.3 is 0 Å². The predicted molar refractivity (Wildman–Crippen MR) is 63.0 cm³/mol. The largest absolute Gasteiger partial charge is 0.314 e. The lowest BCUT2D eigenvalue weighted by atomic mass is 10.2. The molecule has 0 atom stereocenters. The lowest BCUT2D eigenvalue weighted by Gasteiger charge is -2.04. The first-order chi connectivity index (χ1) is 7.25. The first-order valence-corrected chi connectivity index (χ1v) is 5.61. The molecule has 0 saturated carbocycles. The minimum atomic E-state index is 0.581. The molecule has 15 heavy (non-hydrogen) atoms. The van der Waals surface area contributed by atoms with Crippen molar-refractivity contribution in [2.75, 3.05) is 7.05 Å². The van der Waals surface area contributed by atoms with Gasteiger partial charge in [0.1, 0.15) is 0 Å². The number of nitrogens with zero attached hydrogens (tertiary/aromatic N) is 1. The van der Waals surface area contributed by atoms with Crippen LogP contribution in [-0.2, 0) is 6.54 Å². The quantitative estimate of drug-likeness (QED) is 0.801. The Kier molecular flexibility index (Phi) is 3.16. The van der Waals surface area contributed by atoms with Crippen LogP contribution in [0.15, 0.2) is 42.5 Å². The molecule has 0 bridgehead atoms. The predicted octanol–water partition coefficient (Wildman–Crippen LogP) is 3.24. The fraction of sp³-hybridized carbons (Fsp3) is 0.167. The van der Waals surface area contributed by atoms with E-state index < -0.39 is 0 Å². The maximum Gasteiger partial charge on any atom is 0.0579 e. The molecule has 1 N–H and O–H groups in total. The molecule has 0 aliphatic rings. The van der Waals surface area contributed by atoms with Gasteiger partial charge in [-0.25, -0.2) is 0 Å². The van der Waals surface area contributed by atoms with E-state index in [4.69, 9.17) is 5.21 Å². The summed E-state index contributed by atoms with van der Waals surface area (Å²) in [5.41, 5.74) is 1.23. The number of hydrogen-bond acceptors (Lipinski definition) is 3. The van der Waals surface area contributed by atoms with E-state index in [2.05, 4.69) is 24.3 Å². The van der Waals surface area contributed by atoms with Gasteiger partial charge in [0.2, 0.25) is 0 Å². The second kappa shape index (κ2) is 4.57. The Hall–Kier alpha value is -1.16. The Balaban J connectivity index is 2.21. The molecule has 1 aromatic carbocycles. The number of hydrogen-bond donors (Lipinski definition) is 1. The smallest absolute Gasteiger partial charge is 0.0579 e. The molecule has 2 rings (SSSR count). The van der Waals surface area contributed by atoms with Gasteiger partial charge in [-0.2, -0.15) is 5.06 Å². The highest BCUT2D eigenvalue weighted by molar-refractivity contribution is 7.15. The van der Waals surface area contributed by atoms with E-state index in [0.29, 0.717) is 6.54 Å². The van der Waals surface area contributed by atoms with Crippen molar-refractivity contribution in [3.63, 3.8) is 0 Å². The van der Waals surface area contributed by atoms with E-state index >= 15 is 0 Å². The maximum absolute atomic E-state index is 9.13. The van der Waals surface area contributed by atoms with E-state index in [-0.39, 0.29) is 0 Å². The first-order valence-electron chi connectivity index (χ1n) is 4.80. The lowest BCUT2D eigenvalue weighted by molar-refractivity contribution is -0.0723. The van der Waals surface area contributed by atoms with Crippen LogP contribution < -0.4 is 0 Å². The summed E-state index contributed by atoms with van der Waals surface area (Å²) in [6.07, 6.45) is 0.